The van der Waals surface area contributed by atoms with Crippen LogP contribution in [-0.2, 0) is 0 Å². The van der Waals surface area contributed by atoms with Crippen molar-refractivity contribution >= 4 is 11.3 Å². The van der Waals surface area contributed by atoms with Gasteiger partial charge in [0.25, 0.3) is 0 Å². The molecule has 74 valence electrons. The van der Waals surface area contributed by atoms with Gasteiger partial charge in [-0.25, -0.2) is 4.98 Å². The standard InChI is InChI=1S/C10H18N2S/c1-4-8(5-2)10(11)9-6-13-7(3)12-9/h6,8,10H,4-5,11H2,1-3H3. The molecule has 1 unspecified atom stereocenters. The molecule has 13 heavy (non-hydrogen) atoms. The molecule has 2 N–H and O–H groups in total. The molecule has 0 fully saturated rings. The highest BCUT2D eigenvalue weighted by molar-refractivity contribution is 7.09. The molecule has 0 amide bonds. The lowest BCUT2D eigenvalue weighted by atomic mass is 9.93. The molecule has 1 atom stereocenters. The maximum atomic E-state index is 6.12. The van der Waals surface area contributed by atoms with Crippen LogP contribution in [0.3, 0.4) is 0 Å². The summed E-state index contributed by atoms with van der Waals surface area (Å²) < 4.78 is 0. The predicted molar refractivity (Wildman–Crippen MR) is 57.9 cm³/mol. The van der Waals surface area contributed by atoms with Crippen molar-refractivity contribution in [2.75, 3.05) is 0 Å². The van der Waals surface area contributed by atoms with E-state index in [0.29, 0.717) is 5.92 Å². The van der Waals surface area contributed by atoms with E-state index in [4.69, 9.17) is 5.73 Å². The van der Waals surface area contributed by atoms with E-state index in [9.17, 15) is 0 Å². The smallest absolute Gasteiger partial charge is 0.0898 e. The molecule has 0 radical (unpaired) electrons. The SMILES string of the molecule is CCC(CC)C(N)c1csc(C)n1. The third-order valence-electron chi connectivity index (χ3n) is 2.53. The molecule has 0 aliphatic heterocycles. The molecule has 0 aliphatic carbocycles. The van der Waals surface area contributed by atoms with Crippen molar-refractivity contribution in [2.45, 2.75) is 39.7 Å². The van der Waals surface area contributed by atoms with E-state index < -0.39 is 0 Å². The van der Waals surface area contributed by atoms with E-state index >= 15 is 0 Å². The zero-order valence-corrected chi connectivity index (χ0v) is 9.40. The summed E-state index contributed by atoms with van der Waals surface area (Å²) in [6.07, 6.45) is 2.27. The number of aromatic nitrogens is 1. The van der Waals surface area contributed by atoms with Gasteiger partial charge in [-0.15, -0.1) is 11.3 Å². The summed E-state index contributed by atoms with van der Waals surface area (Å²) >= 11 is 1.68. The van der Waals surface area contributed by atoms with Crippen molar-refractivity contribution in [1.29, 1.82) is 0 Å². The summed E-state index contributed by atoms with van der Waals surface area (Å²) in [5.41, 5.74) is 7.18. The van der Waals surface area contributed by atoms with E-state index in [1.165, 1.54) is 0 Å². The van der Waals surface area contributed by atoms with Gasteiger partial charge in [0.15, 0.2) is 0 Å². The lowest BCUT2D eigenvalue weighted by molar-refractivity contribution is 0.400. The number of hydrogen-bond acceptors (Lipinski definition) is 3. The number of hydrogen-bond donors (Lipinski definition) is 1. The first kappa shape index (κ1) is 10.7. The van der Waals surface area contributed by atoms with Crippen LogP contribution in [0.2, 0.25) is 0 Å². The van der Waals surface area contributed by atoms with Gasteiger partial charge in [-0.3, -0.25) is 0 Å². The third-order valence-corrected chi connectivity index (χ3v) is 3.33. The third kappa shape index (κ3) is 2.51. The van der Waals surface area contributed by atoms with Crippen LogP contribution in [-0.4, -0.2) is 4.98 Å². The molecule has 0 spiro atoms. The fourth-order valence-corrected chi connectivity index (χ4v) is 2.23. The highest BCUT2D eigenvalue weighted by atomic mass is 32.1. The van der Waals surface area contributed by atoms with Crippen molar-refractivity contribution in [1.82, 2.24) is 4.98 Å². The van der Waals surface area contributed by atoms with E-state index in [1.807, 2.05) is 6.92 Å². The fraction of sp³-hybridized carbons (Fsp3) is 0.700. The highest BCUT2D eigenvalue weighted by Crippen LogP contribution is 2.25. The second kappa shape index (κ2) is 4.72. The summed E-state index contributed by atoms with van der Waals surface area (Å²) in [5, 5.41) is 3.19. The minimum absolute atomic E-state index is 0.125. The first-order chi connectivity index (χ1) is 6.19. The van der Waals surface area contributed by atoms with Gasteiger partial charge in [0.05, 0.1) is 16.7 Å². The Morgan fingerprint density at radius 2 is 2.08 bits per heavy atom. The number of nitrogens with zero attached hydrogens (tertiary/aromatic N) is 1. The molecule has 0 aromatic carbocycles. The molecule has 3 heteroatoms. The Hall–Kier alpha value is -0.410. The average molecular weight is 198 g/mol. The topological polar surface area (TPSA) is 38.9 Å². The summed E-state index contributed by atoms with van der Waals surface area (Å²) in [6.45, 7) is 6.40. The Labute approximate surface area is 84.2 Å². The largest absolute Gasteiger partial charge is 0.322 e. The monoisotopic (exact) mass is 198 g/mol. The van der Waals surface area contributed by atoms with E-state index in [-0.39, 0.29) is 6.04 Å². The van der Waals surface area contributed by atoms with Gasteiger partial charge in [0.1, 0.15) is 0 Å². The van der Waals surface area contributed by atoms with Crippen LogP contribution in [0, 0.1) is 12.8 Å². The number of thiazole rings is 1. The predicted octanol–water partition coefficient (Wildman–Crippen LogP) is 2.89. The van der Waals surface area contributed by atoms with Gasteiger partial charge >= 0.3 is 0 Å². The molecule has 1 aromatic heterocycles. The van der Waals surface area contributed by atoms with Crippen LogP contribution >= 0.6 is 11.3 Å². The van der Waals surface area contributed by atoms with Crippen LogP contribution in [0.25, 0.3) is 0 Å². The lowest BCUT2D eigenvalue weighted by Gasteiger charge is -2.18. The zero-order chi connectivity index (χ0) is 9.84. The molecule has 0 saturated carbocycles. The van der Waals surface area contributed by atoms with Crippen LogP contribution in [0.1, 0.15) is 43.4 Å². The Bertz CT molecular complexity index is 253. The van der Waals surface area contributed by atoms with Crippen molar-refractivity contribution in [3.63, 3.8) is 0 Å². The minimum atomic E-state index is 0.125. The first-order valence-electron chi connectivity index (χ1n) is 4.86. The van der Waals surface area contributed by atoms with Gasteiger partial charge in [-0.2, -0.15) is 0 Å². The van der Waals surface area contributed by atoms with Gasteiger partial charge in [0.2, 0.25) is 0 Å². The van der Waals surface area contributed by atoms with Crippen LogP contribution in [0.4, 0.5) is 0 Å². The molecule has 0 aliphatic rings. The van der Waals surface area contributed by atoms with Crippen molar-refractivity contribution in [3.05, 3.63) is 16.1 Å². The lowest BCUT2D eigenvalue weighted by Crippen LogP contribution is -2.20. The van der Waals surface area contributed by atoms with Gasteiger partial charge in [-0.05, 0) is 12.8 Å². The number of aryl methyl sites for hydroxylation is 1. The van der Waals surface area contributed by atoms with Crippen molar-refractivity contribution < 1.29 is 0 Å². The molecule has 2 nitrogen and oxygen atoms in total. The maximum absolute atomic E-state index is 6.12. The van der Waals surface area contributed by atoms with Crippen LogP contribution in [0.5, 0.6) is 0 Å². The summed E-state index contributed by atoms with van der Waals surface area (Å²) in [5.74, 6) is 0.571. The minimum Gasteiger partial charge on any atom is -0.322 e. The average Bonchev–Trinajstić information content (AvgIpc) is 2.54. The fourth-order valence-electron chi connectivity index (χ4n) is 1.57. The highest BCUT2D eigenvalue weighted by Gasteiger charge is 2.17. The van der Waals surface area contributed by atoms with E-state index in [0.717, 1.165) is 23.5 Å². The second-order valence-electron chi connectivity index (χ2n) is 3.39. The van der Waals surface area contributed by atoms with Gasteiger partial charge in [0, 0.05) is 5.38 Å². The van der Waals surface area contributed by atoms with Crippen molar-refractivity contribution in [2.24, 2.45) is 11.7 Å². The molecule has 1 aromatic rings. The summed E-state index contributed by atoms with van der Waals surface area (Å²) in [4.78, 5) is 4.42. The van der Waals surface area contributed by atoms with Crippen LogP contribution in [0.15, 0.2) is 5.38 Å². The number of nitrogens with two attached hydrogens (primary N) is 1. The Morgan fingerprint density at radius 1 is 1.46 bits per heavy atom. The summed E-state index contributed by atoms with van der Waals surface area (Å²) in [7, 11) is 0. The second-order valence-corrected chi connectivity index (χ2v) is 4.46. The van der Waals surface area contributed by atoms with Gasteiger partial charge in [-0.1, -0.05) is 26.7 Å². The van der Waals surface area contributed by atoms with E-state index in [1.54, 1.807) is 11.3 Å². The van der Waals surface area contributed by atoms with Crippen LogP contribution < -0.4 is 5.73 Å². The first-order valence-corrected chi connectivity index (χ1v) is 5.74. The Kier molecular flexibility index (Phi) is 3.88. The molecular weight excluding hydrogens is 180 g/mol. The summed E-state index contributed by atoms with van der Waals surface area (Å²) in [6, 6.07) is 0.125. The zero-order valence-electron chi connectivity index (χ0n) is 8.58. The number of rotatable bonds is 4. The molecule has 0 bridgehead atoms. The van der Waals surface area contributed by atoms with E-state index in [2.05, 4.69) is 24.2 Å². The van der Waals surface area contributed by atoms with Crippen molar-refractivity contribution in [3.8, 4) is 0 Å². The normalized spacial score (nSPS) is 13.6. The quantitative estimate of drug-likeness (QED) is 0.808. The Balaban J connectivity index is 2.71. The molecule has 0 saturated heterocycles. The van der Waals surface area contributed by atoms with Gasteiger partial charge < -0.3 is 5.73 Å². The Morgan fingerprint density at radius 3 is 2.46 bits per heavy atom. The maximum Gasteiger partial charge on any atom is 0.0898 e. The molecule has 1 heterocycles. The molecule has 1 rings (SSSR count). The molecular formula is C10H18N2S.